The van der Waals surface area contributed by atoms with Gasteiger partial charge in [0.1, 0.15) is 18.2 Å². The van der Waals surface area contributed by atoms with Crippen LogP contribution in [-0.4, -0.2) is 24.4 Å². The van der Waals surface area contributed by atoms with Crippen molar-refractivity contribution in [2.24, 2.45) is 0 Å². The van der Waals surface area contributed by atoms with Crippen LogP contribution in [0.2, 0.25) is 0 Å². The Morgan fingerprint density at radius 3 is 2.61 bits per heavy atom. The van der Waals surface area contributed by atoms with E-state index in [1.54, 1.807) is 6.07 Å². The monoisotopic (exact) mass is 256 g/mol. The van der Waals surface area contributed by atoms with E-state index >= 15 is 0 Å². The Bertz CT molecular complexity index is 366. The molecule has 0 amide bonds. The van der Waals surface area contributed by atoms with E-state index in [2.05, 4.69) is 0 Å². The van der Waals surface area contributed by atoms with Crippen LogP contribution in [0.1, 0.15) is 38.9 Å². The quantitative estimate of drug-likeness (QED) is 0.814. The Kier molecular flexibility index (Phi) is 6.09. The molecule has 1 N–H and O–H groups in total. The van der Waals surface area contributed by atoms with Crippen molar-refractivity contribution in [1.29, 1.82) is 0 Å². The van der Waals surface area contributed by atoms with Crippen LogP contribution in [0.4, 0.5) is 4.39 Å². The van der Waals surface area contributed by atoms with Crippen molar-refractivity contribution in [3.63, 3.8) is 0 Å². The standard InChI is InChI=1S/C14H21FO3/c1-4-13(18-10(2)3)12-9-11(15)5-6-14(12)17-8-7-16/h5-6,9-10,13,16H,4,7-8H2,1-3H3/t13-/m0/s1. The molecule has 3 nitrogen and oxygen atoms in total. The van der Waals surface area contributed by atoms with Crippen LogP contribution < -0.4 is 4.74 Å². The van der Waals surface area contributed by atoms with Gasteiger partial charge in [0.25, 0.3) is 0 Å². The number of benzene rings is 1. The Morgan fingerprint density at radius 1 is 1.33 bits per heavy atom. The number of aliphatic hydroxyl groups excluding tert-OH is 1. The van der Waals surface area contributed by atoms with E-state index in [0.717, 1.165) is 6.42 Å². The molecule has 0 spiro atoms. The van der Waals surface area contributed by atoms with Crippen LogP contribution in [0.3, 0.4) is 0 Å². The SMILES string of the molecule is CC[C@H](OC(C)C)c1cc(F)ccc1OCCO. The molecule has 0 aromatic heterocycles. The highest BCUT2D eigenvalue weighted by molar-refractivity contribution is 5.36. The number of rotatable bonds is 7. The minimum atomic E-state index is -0.313. The lowest BCUT2D eigenvalue weighted by Crippen LogP contribution is -2.12. The number of halogens is 1. The van der Waals surface area contributed by atoms with Gasteiger partial charge in [0.15, 0.2) is 0 Å². The number of hydrogen-bond donors (Lipinski definition) is 1. The second-order valence-corrected chi connectivity index (χ2v) is 4.34. The normalized spacial score (nSPS) is 12.8. The average molecular weight is 256 g/mol. The van der Waals surface area contributed by atoms with Crippen LogP contribution in [0.5, 0.6) is 5.75 Å². The topological polar surface area (TPSA) is 38.7 Å². The third kappa shape index (κ3) is 4.27. The van der Waals surface area contributed by atoms with Crippen LogP contribution >= 0.6 is 0 Å². The summed E-state index contributed by atoms with van der Waals surface area (Å²) in [6.45, 7) is 5.98. The molecule has 1 rings (SSSR count). The van der Waals surface area contributed by atoms with Gasteiger partial charge in [-0.1, -0.05) is 6.92 Å². The van der Waals surface area contributed by atoms with Crippen molar-refractivity contribution >= 4 is 0 Å². The Hall–Kier alpha value is -1.13. The van der Waals surface area contributed by atoms with Gasteiger partial charge in [-0.3, -0.25) is 0 Å². The van der Waals surface area contributed by atoms with Crippen molar-refractivity contribution in [2.45, 2.75) is 39.4 Å². The second-order valence-electron chi connectivity index (χ2n) is 4.34. The van der Waals surface area contributed by atoms with E-state index in [1.807, 2.05) is 20.8 Å². The summed E-state index contributed by atoms with van der Waals surface area (Å²) in [7, 11) is 0. The molecule has 0 saturated heterocycles. The minimum Gasteiger partial charge on any atom is -0.491 e. The summed E-state index contributed by atoms with van der Waals surface area (Å²) in [5.74, 6) is 0.255. The highest BCUT2D eigenvalue weighted by Gasteiger charge is 2.17. The van der Waals surface area contributed by atoms with Crippen LogP contribution in [-0.2, 0) is 4.74 Å². The highest BCUT2D eigenvalue weighted by atomic mass is 19.1. The zero-order valence-electron chi connectivity index (χ0n) is 11.1. The van der Waals surface area contributed by atoms with E-state index < -0.39 is 0 Å². The third-order valence-corrected chi connectivity index (χ3v) is 2.47. The van der Waals surface area contributed by atoms with Gasteiger partial charge in [-0.05, 0) is 38.5 Å². The molecule has 0 unspecified atom stereocenters. The van der Waals surface area contributed by atoms with Gasteiger partial charge < -0.3 is 14.6 Å². The summed E-state index contributed by atoms with van der Waals surface area (Å²) in [6.07, 6.45) is 0.593. The fourth-order valence-electron chi connectivity index (χ4n) is 1.78. The molecule has 0 fully saturated rings. The van der Waals surface area contributed by atoms with Gasteiger partial charge in [-0.25, -0.2) is 4.39 Å². The molecular formula is C14H21FO3. The first-order valence-electron chi connectivity index (χ1n) is 6.27. The molecule has 0 saturated carbocycles. The summed E-state index contributed by atoms with van der Waals surface area (Å²) in [5.41, 5.74) is 0.694. The molecule has 0 radical (unpaired) electrons. The van der Waals surface area contributed by atoms with Crippen molar-refractivity contribution in [3.05, 3.63) is 29.6 Å². The molecule has 0 aliphatic heterocycles. The summed E-state index contributed by atoms with van der Waals surface area (Å²) in [6, 6.07) is 4.36. The van der Waals surface area contributed by atoms with Crippen molar-refractivity contribution in [1.82, 2.24) is 0 Å². The van der Waals surface area contributed by atoms with E-state index in [1.165, 1.54) is 12.1 Å². The molecule has 18 heavy (non-hydrogen) atoms. The highest BCUT2D eigenvalue weighted by Crippen LogP contribution is 2.31. The zero-order chi connectivity index (χ0) is 13.5. The Labute approximate surface area is 108 Å². The largest absolute Gasteiger partial charge is 0.491 e. The number of ether oxygens (including phenoxy) is 2. The maximum atomic E-state index is 13.3. The van der Waals surface area contributed by atoms with E-state index in [0.29, 0.717) is 11.3 Å². The zero-order valence-corrected chi connectivity index (χ0v) is 11.1. The average Bonchev–Trinajstić information content (AvgIpc) is 2.34. The smallest absolute Gasteiger partial charge is 0.125 e. The van der Waals surface area contributed by atoms with Crippen LogP contribution in [0.25, 0.3) is 0 Å². The lowest BCUT2D eigenvalue weighted by molar-refractivity contribution is 0.00263. The van der Waals surface area contributed by atoms with E-state index in [-0.39, 0.29) is 31.2 Å². The molecule has 1 atom stereocenters. The molecule has 0 aliphatic carbocycles. The van der Waals surface area contributed by atoms with Gasteiger partial charge in [0.2, 0.25) is 0 Å². The van der Waals surface area contributed by atoms with Gasteiger partial charge >= 0.3 is 0 Å². The molecule has 0 aliphatic rings. The summed E-state index contributed by atoms with van der Waals surface area (Å²) >= 11 is 0. The molecule has 1 aromatic rings. The maximum absolute atomic E-state index is 13.3. The molecule has 4 heteroatoms. The summed E-state index contributed by atoms with van der Waals surface area (Å²) in [5, 5.41) is 8.78. The molecule has 102 valence electrons. The molecule has 0 bridgehead atoms. The van der Waals surface area contributed by atoms with Crippen molar-refractivity contribution < 1.29 is 19.0 Å². The van der Waals surface area contributed by atoms with Crippen LogP contribution in [0.15, 0.2) is 18.2 Å². The fraction of sp³-hybridized carbons (Fsp3) is 0.571. The first kappa shape index (κ1) is 14.9. The van der Waals surface area contributed by atoms with Gasteiger partial charge in [-0.15, -0.1) is 0 Å². The van der Waals surface area contributed by atoms with Crippen molar-refractivity contribution in [3.8, 4) is 5.75 Å². The Morgan fingerprint density at radius 2 is 2.06 bits per heavy atom. The lowest BCUT2D eigenvalue weighted by Gasteiger charge is -2.22. The fourth-order valence-corrected chi connectivity index (χ4v) is 1.78. The van der Waals surface area contributed by atoms with Gasteiger partial charge in [-0.2, -0.15) is 0 Å². The second kappa shape index (κ2) is 7.34. The maximum Gasteiger partial charge on any atom is 0.125 e. The predicted octanol–water partition coefficient (Wildman–Crippen LogP) is 3.07. The van der Waals surface area contributed by atoms with Crippen molar-refractivity contribution in [2.75, 3.05) is 13.2 Å². The molecular weight excluding hydrogens is 235 g/mol. The molecule has 0 heterocycles. The lowest BCUT2D eigenvalue weighted by atomic mass is 10.1. The first-order valence-corrected chi connectivity index (χ1v) is 6.27. The van der Waals surface area contributed by atoms with Crippen LogP contribution in [0, 0.1) is 5.82 Å². The van der Waals surface area contributed by atoms with Gasteiger partial charge in [0, 0.05) is 5.56 Å². The number of aliphatic hydroxyl groups is 1. The number of hydrogen-bond acceptors (Lipinski definition) is 3. The van der Waals surface area contributed by atoms with E-state index in [9.17, 15) is 4.39 Å². The summed E-state index contributed by atoms with van der Waals surface area (Å²) < 4.78 is 24.5. The Balaban J connectivity index is 2.97. The summed E-state index contributed by atoms with van der Waals surface area (Å²) in [4.78, 5) is 0. The first-order chi connectivity index (χ1) is 8.58. The minimum absolute atomic E-state index is 0.0592. The third-order valence-electron chi connectivity index (χ3n) is 2.47. The predicted molar refractivity (Wildman–Crippen MR) is 68.2 cm³/mol. The molecule has 1 aromatic carbocycles. The van der Waals surface area contributed by atoms with Gasteiger partial charge in [0.05, 0.1) is 18.8 Å². The van der Waals surface area contributed by atoms with E-state index in [4.69, 9.17) is 14.6 Å².